The van der Waals surface area contributed by atoms with Gasteiger partial charge in [-0.2, -0.15) is 5.26 Å². The van der Waals surface area contributed by atoms with Crippen molar-refractivity contribution in [1.82, 2.24) is 4.98 Å². The molecule has 3 rings (SSSR count). The summed E-state index contributed by atoms with van der Waals surface area (Å²) in [4.78, 5) is 29.2. The summed E-state index contributed by atoms with van der Waals surface area (Å²) in [6.07, 6.45) is 1.51. The van der Waals surface area contributed by atoms with Crippen LogP contribution in [-0.4, -0.2) is 16.7 Å². The fourth-order valence-corrected chi connectivity index (χ4v) is 2.91. The van der Waals surface area contributed by atoms with Gasteiger partial charge in [0.15, 0.2) is 11.7 Å². The second kappa shape index (κ2) is 6.81. The Morgan fingerprint density at radius 1 is 1.15 bits per heavy atom. The molecular formula is C20H17N3O3. The first-order valence-corrected chi connectivity index (χ1v) is 8.09. The number of nitrogens with zero attached hydrogens (tertiary/aromatic N) is 2. The number of rotatable bonds is 4. The molecule has 1 atom stereocenters. The zero-order valence-electron chi connectivity index (χ0n) is 14.7. The van der Waals surface area contributed by atoms with E-state index in [1.165, 1.54) is 6.20 Å². The summed E-state index contributed by atoms with van der Waals surface area (Å²) in [5.74, 6) is -2.59. The number of ketones is 1. The second-order valence-corrected chi connectivity index (χ2v) is 6.09. The largest absolute Gasteiger partial charge is 0.452 e. The Labute approximate surface area is 150 Å². The van der Waals surface area contributed by atoms with E-state index in [1.807, 2.05) is 26.0 Å². The highest BCUT2D eigenvalue weighted by Gasteiger charge is 2.32. The van der Waals surface area contributed by atoms with Gasteiger partial charge in [-0.1, -0.05) is 18.2 Å². The van der Waals surface area contributed by atoms with Gasteiger partial charge in [-0.3, -0.25) is 9.59 Å². The number of hydrogen-bond acceptors (Lipinski definition) is 5. The fourth-order valence-electron chi connectivity index (χ4n) is 2.91. The topological polar surface area (TPSA) is 96.0 Å². The van der Waals surface area contributed by atoms with E-state index in [9.17, 15) is 14.9 Å². The van der Waals surface area contributed by atoms with Crippen molar-refractivity contribution in [2.45, 2.75) is 20.8 Å². The number of pyridine rings is 1. The smallest absolute Gasteiger partial charge is 0.251 e. The van der Waals surface area contributed by atoms with Gasteiger partial charge in [-0.25, -0.2) is 4.98 Å². The van der Waals surface area contributed by atoms with E-state index >= 15 is 0 Å². The zero-order valence-corrected chi connectivity index (χ0v) is 14.7. The summed E-state index contributed by atoms with van der Waals surface area (Å²) in [6.45, 7) is 5.57. The van der Waals surface area contributed by atoms with E-state index in [0.29, 0.717) is 11.1 Å². The minimum Gasteiger partial charge on any atom is -0.452 e. The Kier molecular flexibility index (Phi) is 4.55. The molecule has 0 bridgehead atoms. The molecular weight excluding hydrogens is 330 g/mol. The summed E-state index contributed by atoms with van der Waals surface area (Å²) in [6, 6.07) is 10.6. The standard InChI is InChI=1S/C20H17N3O3/c1-11-7-8-12(2)18-16(11)13(3)19(26-18)17(24)14(10-21)20(25)23-15-6-4-5-9-22-15/h4-9,14H,1-3H3,(H,22,23,25)/t14-/m0/s1. The lowest BCUT2D eigenvalue weighted by molar-refractivity contribution is -0.117. The van der Waals surface area contributed by atoms with E-state index in [4.69, 9.17) is 4.42 Å². The van der Waals surface area contributed by atoms with Crippen LogP contribution in [0.1, 0.15) is 27.2 Å². The van der Waals surface area contributed by atoms with E-state index in [2.05, 4.69) is 10.3 Å². The number of carbonyl (C=O) groups is 2. The van der Waals surface area contributed by atoms with Crippen molar-refractivity contribution >= 4 is 28.5 Å². The maximum Gasteiger partial charge on any atom is 0.251 e. The van der Waals surface area contributed by atoms with Crippen molar-refractivity contribution in [3.8, 4) is 6.07 Å². The van der Waals surface area contributed by atoms with Crippen LogP contribution in [0.4, 0.5) is 5.82 Å². The van der Waals surface area contributed by atoms with Crippen molar-refractivity contribution < 1.29 is 14.0 Å². The number of nitrogens with one attached hydrogen (secondary N) is 1. The summed E-state index contributed by atoms with van der Waals surface area (Å²) in [7, 11) is 0. The second-order valence-electron chi connectivity index (χ2n) is 6.09. The third kappa shape index (κ3) is 2.95. The molecule has 1 amide bonds. The molecule has 0 saturated heterocycles. The molecule has 0 unspecified atom stereocenters. The van der Waals surface area contributed by atoms with Crippen LogP contribution in [0.5, 0.6) is 0 Å². The molecule has 0 spiro atoms. The van der Waals surface area contributed by atoms with Gasteiger partial charge in [-0.05, 0) is 44.0 Å². The average molecular weight is 347 g/mol. The molecule has 2 aromatic heterocycles. The van der Waals surface area contributed by atoms with Gasteiger partial charge >= 0.3 is 0 Å². The van der Waals surface area contributed by atoms with Crippen molar-refractivity contribution in [2.75, 3.05) is 5.32 Å². The number of furan rings is 1. The van der Waals surface area contributed by atoms with Crippen molar-refractivity contribution in [1.29, 1.82) is 5.26 Å². The van der Waals surface area contributed by atoms with Crippen molar-refractivity contribution in [3.63, 3.8) is 0 Å². The highest BCUT2D eigenvalue weighted by atomic mass is 16.3. The van der Waals surface area contributed by atoms with Gasteiger partial charge in [0.1, 0.15) is 11.4 Å². The number of amides is 1. The highest BCUT2D eigenvalue weighted by Crippen LogP contribution is 2.32. The molecule has 1 aromatic carbocycles. The van der Waals surface area contributed by atoms with E-state index < -0.39 is 17.6 Å². The van der Waals surface area contributed by atoms with Crippen LogP contribution in [0.15, 0.2) is 40.9 Å². The van der Waals surface area contributed by atoms with Gasteiger partial charge in [-0.15, -0.1) is 0 Å². The molecule has 0 aliphatic rings. The number of aromatic nitrogens is 1. The molecule has 0 aliphatic heterocycles. The molecule has 2 heterocycles. The maximum atomic E-state index is 12.8. The van der Waals surface area contributed by atoms with Crippen LogP contribution in [0.2, 0.25) is 0 Å². The summed E-state index contributed by atoms with van der Waals surface area (Å²) >= 11 is 0. The van der Waals surface area contributed by atoms with Crippen molar-refractivity contribution in [3.05, 3.63) is 59.0 Å². The Hall–Kier alpha value is -3.46. The number of hydrogen-bond donors (Lipinski definition) is 1. The molecule has 0 radical (unpaired) electrons. The molecule has 0 aliphatic carbocycles. The predicted molar refractivity (Wildman–Crippen MR) is 96.7 cm³/mol. The summed E-state index contributed by atoms with van der Waals surface area (Å²) in [5, 5.41) is 12.7. The third-order valence-corrected chi connectivity index (χ3v) is 4.28. The van der Waals surface area contributed by atoms with Gasteiger partial charge in [0.05, 0.1) is 6.07 Å². The van der Waals surface area contributed by atoms with Gasteiger partial charge in [0, 0.05) is 17.1 Å². The van der Waals surface area contributed by atoms with Gasteiger partial charge < -0.3 is 9.73 Å². The van der Waals surface area contributed by atoms with E-state index in [0.717, 1.165) is 16.5 Å². The molecule has 6 heteroatoms. The van der Waals surface area contributed by atoms with Crippen LogP contribution in [0, 0.1) is 38.0 Å². The monoisotopic (exact) mass is 347 g/mol. The molecule has 6 nitrogen and oxygen atoms in total. The van der Waals surface area contributed by atoms with Gasteiger partial charge in [0.25, 0.3) is 5.91 Å². The first-order chi connectivity index (χ1) is 12.4. The number of nitriles is 1. The lowest BCUT2D eigenvalue weighted by atomic mass is 9.98. The first-order valence-electron chi connectivity index (χ1n) is 8.09. The number of benzene rings is 1. The zero-order chi connectivity index (χ0) is 18.8. The number of aryl methyl sites for hydroxylation is 3. The molecule has 0 saturated carbocycles. The minimum absolute atomic E-state index is 0.0418. The number of anilines is 1. The summed E-state index contributed by atoms with van der Waals surface area (Å²) in [5.41, 5.74) is 3.10. The fraction of sp³-hybridized carbons (Fsp3) is 0.200. The number of fused-ring (bicyclic) bond motifs is 1. The van der Waals surface area contributed by atoms with Crippen molar-refractivity contribution in [2.24, 2.45) is 5.92 Å². The van der Waals surface area contributed by atoms with Crippen LogP contribution >= 0.6 is 0 Å². The highest BCUT2D eigenvalue weighted by molar-refractivity contribution is 6.16. The Balaban J connectivity index is 1.97. The Bertz CT molecular complexity index is 1050. The lowest BCUT2D eigenvalue weighted by Gasteiger charge is -2.08. The first kappa shape index (κ1) is 17.4. The average Bonchev–Trinajstić information content (AvgIpc) is 2.98. The summed E-state index contributed by atoms with van der Waals surface area (Å²) < 4.78 is 5.76. The van der Waals surface area contributed by atoms with Crippen LogP contribution < -0.4 is 5.32 Å². The van der Waals surface area contributed by atoms with Gasteiger partial charge in [0.2, 0.25) is 5.78 Å². The van der Waals surface area contributed by atoms with Crippen LogP contribution in [0.25, 0.3) is 11.0 Å². The molecule has 1 N–H and O–H groups in total. The maximum absolute atomic E-state index is 12.8. The van der Waals surface area contributed by atoms with Crippen LogP contribution in [-0.2, 0) is 4.79 Å². The molecule has 0 fully saturated rings. The SMILES string of the molecule is Cc1ccc(C)c2c(C)c(C(=O)[C@H](C#N)C(=O)Nc3ccccn3)oc12. The molecule has 26 heavy (non-hydrogen) atoms. The lowest BCUT2D eigenvalue weighted by Crippen LogP contribution is -2.29. The Morgan fingerprint density at radius 2 is 1.88 bits per heavy atom. The predicted octanol–water partition coefficient (Wildman–Crippen LogP) is 3.71. The van der Waals surface area contributed by atoms with Crippen LogP contribution in [0.3, 0.4) is 0 Å². The van der Waals surface area contributed by atoms with E-state index in [-0.39, 0.29) is 11.6 Å². The minimum atomic E-state index is -1.52. The Morgan fingerprint density at radius 3 is 2.50 bits per heavy atom. The number of Topliss-reactive ketones (excluding diaryl/α,β-unsaturated/α-hetero) is 1. The van der Waals surface area contributed by atoms with E-state index in [1.54, 1.807) is 31.2 Å². The third-order valence-electron chi connectivity index (χ3n) is 4.28. The molecule has 3 aromatic rings. The number of carbonyl (C=O) groups excluding carboxylic acids is 2. The molecule has 130 valence electrons. The quantitative estimate of drug-likeness (QED) is 0.573. The normalized spacial score (nSPS) is 11.8.